The van der Waals surface area contributed by atoms with E-state index >= 15 is 0 Å². The number of amides is 1. The lowest BCUT2D eigenvalue weighted by atomic mass is 10.1. The number of morpholine rings is 1. The van der Waals surface area contributed by atoms with E-state index in [9.17, 15) is 4.79 Å². The van der Waals surface area contributed by atoms with Crippen LogP contribution in [-0.4, -0.2) is 68.3 Å². The van der Waals surface area contributed by atoms with E-state index in [-0.39, 0.29) is 11.9 Å². The first-order valence-electron chi connectivity index (χ1n) is 9.63. The molecule has 0 saturated carbocycles. The molecule has 1 aromatic heterocycles. The number of hydrogen-bond donors (Lipinski definition) is 0. The quantitative estimate of drug-likeness (QED) is 0.765. The number of thiazole rings is 1. The number of hydrogen-bond acceptors (Lipinski definition) is 7. The van der Waals surface area contributed by atoms with Crippen LogP contribution < -0.4 is 14.5 Å². The van der Waals surface area contributed by atoms with Gasteiger partial charge in [-0.15, -0.1) is 11.3 Å². The second kappa shape index (κ2) is 8.46. The first-order valence-corrected chi connectivity index (χ1v) is 10.4. The van der Waals surface area contributed by atoms with Crippen molar-refractivity contribution in [2.24, 2.45) is 0 Å². The molecule has 1 amide bonds. The SMILES string of the molecule is COc1ccccc1N1CCN(Cc2cnc(N3CCOCC3)s2)[C@@H](C)C1=O. The number of aromatic nitrogens is 1. The minimum absolute atomic E-state index is 0.105. The highest BCUT2D eigenvalue weighted by Gasteiger charge is 2.33. The van der Waals surface area contributed by atoms with Crippen LogP contribution in [0, 0.1) is 0 Å². The number of ether oxygens (including phenoxy) is 2. The Morgan fingerprint density at radius 1 is 1.21 bits per heavy atom. The molecule has 8 heteroatoms. The first kappa shape index (κ1) is 19.2. The molecular weight excluding hydrogens is 376 g/mol. The smallest absolute Gasteiger partial charge is 0.244 e. The first-order chi connectivity index (χ1) is 13.7. The van der Waals surface area contributed by atoms with E-state index in [2.05, 4.69) is 14.8 Å². The molecule has 2 aliphatic rings. The van der Waals surface area contributed by atoms with Crippen molar-refractivity contribution in [1.82, 2.24) is 9.88 Å². The van der Waals surface area contributed by atoms with Crippen molar-refractivity contribution in [1.29, 1.82) is 0 Å². The Balaban J connectivity index is 1.42. The third kappa shape index (κ3) is 3.85. The molecule has 2 aromatic rings. The van der Waals surface area contributed by atoms with Gasteiger partial charge in [-0.1, -0.05) is 12.1 Å². The van der Waals surface area contributed by atoms with Crippen molar-refractivity contribution < 1.29 is 14.3 Å². The number of para-hydroxylation sites is 2. The maximum atomic E-state index is 13.0. The lowest BCUT2D eigenvalue weighted by Crippen LogP contribution is -2.55. The van der Waals surface area contributed by atoms with E-state index in [4.69, 9.17) is 9.47 Å². The summed E-state index contributed by atoms with van der Waals surface area (Å²) in [6, 6.07) is 7.50. The number of benzene rings is 1. The van der Waals surface area contributed by atoms with Gasteiger partial charge in [0.25, 0.3) is 0 Å². The van der Waals surface area contributed by atoms with Crippen molar-refractivity contribution in [3.8, 4) is 5.75 Å². The highest BCUT2D eigenvalue weighted by atomic mass is 32.1. The molecule has 0 spiro atoms. The van der Waals surface area contributed by atoms with Crippen molar-refractivity contribution in [3.05, 3.63) is 35.3 Å². The largest absolute Gasteiger partial charge is 0.495 e. The lowest BCUT2D eigenvalue weighted by Gasteiger charge is -2.39. The van der Waals surface area contributed by atoms with Crippen LogP contribution in [0.4, 0.5) is 10.8 Å². The Bertz CT molecular complexity index is 821. The summed E-state index contributed by atoms with van der Waals surface area (Å²) in [7, 11) is 1.64. The van der Waals surface area contributed by atoms with E-state index in [1.807, 2.05) is 42.3 Å². The van der Waals surface area contributed by atoms with Crippen LogP contribution >= 0.6 is 11.3 Å². The minimum Gasteiger partial charge on any atom is -0.495 e. The van der Waals surface area contributed by atoms with Gasteiger partial charge < -0.3 is 19.3 Å². The van der Waals surface area contributed by atoms with Crippen molar-refractivity contribution in [2.75, 3.05) is 56.3 Å². The Kier molecular flexibility index (Phi) is 5.79. The van der Waals surface area contributed by atoms with Gasteiger partial charge in [-0.2, -0.15) is 0 Å². The molecule has 28 heavy (non-hydrogen) atoms. The topological polar surface area (TPSA) is 58.1 Å². The Hall–Kier alpha value is -2.16. The normalized spacial score (nSPS) is 21.2. The lowest BCUT2D eigenvalue weighted by molar-refractivity contribution is -0.125. The molecule has 150 valence electrons. The van der Waals surface area contributed by atoms with E-state index in [1.165, 1.54) is 4.88 Å². The monoisotopic (exact) mass is 402 g/mol. The van der Waals surface area contributed by atoms with Gasteiger partial charge in [-0.05, 0) is 19.1 Å². The van der Waals surface area contributed by atoms with E-state index in [0.29, 0.717) is 6.54 Å². The molecule has 2 aliphatic heterocycles. The molecule has 0 N–H and O–H groups in total. The molecular formula is C20H26N4O3S. The van der Waals surface area contributed by atoms with Crippen LogP contribution in [0.1, 0.15) is 11.8 Å². The zero-order chi connectivity index (χ0) is 19.5. The minimum atomic E-state index is -0.187. The van der Waals surface area contributed by atoms with E-state index < -0.39 is 0 Å². The highest BCUT2D eigenvalue weighted by Crippen LogP contribution is 2.31. The van der Waals surface area contributed by atoms with Gasteiger partial charge in [0.2, 0.25) is 5.91 Å². The van der Waals surface area contributed by atoms with E-state index in [1.54, 1.807) is 18.4 Å². The number of carbonyl (C=O) groups excluding carboxylic acids is 1. The average molecular weight is 403 g/mol. The van der Waals surface area contributed by atoms with Gasteiger partial charge in [-0.25, -0.2) is 4.98 Å². The van der Waals surface area contributed by atoms with Gasteiger partial charge >= 0.3 is 0 Å². The summed E-state index contributed by atoms with van der Waals surface area (Å²) in [5.74, 6) is 0.836. The summed E-state index contributed by atoms with van der Waals surface area (Å²) >= 11 is 1.71. The van der Waals surface area contributed by atoms with Crippen molar-refractivity contribution in [2.45, 2.75) is 19.5 Å². The third-order valence-corrected chi connectivity index (χ3v) is 6.38. The standard InChI is InChI=1S/C20H26N4O3S/c1-15-19(25)24(17-5-3-4-6-18(17)26-2)8-7-23(15)14-16-13-21-20(28-16)22-9-11-27-12-10-22/h3-6,13,15H,7-12,14H2,1-2H3/t15-/m0/s1. The molecule has 4 rings (SSSR count). The summed E-state index contributed by atoms with van der Waals surface area (Å²) in [6.45, 7) is 7.48. The number of piperazine rings is 1. The zero-order valence-corrected chi connectivity index (χ0v) is 17.2. The molecule has 2 fully saturated rings. The second-order valence-electron chi connectivity index (χ2n) is 7.02. The Morgan fingerprint density at radius 3 is 2.79 bits per heavy atom. The fourth-order valence-corrected chi connectivity index (χ4v) is 4.68. The number of nitrogens with zero attached hydrogens (tertiary/aromatic N) is 4. The maximum Gasteiger partial charge on any atom is 0.244 e. The average Bonchev–Trinajstić information content (AvgIpc) is 3.21. The Morgan fingerprint density at radius 2 is 2.00 bits per heavy atom. The van der Waals surface area contributed by atoms with Gasteiger partial charge in [0.15, 0.2) is 5.13 Å². The van der Waals surface area contributed by atoms with Crippen molar-refractivity contribution in [3.63, 3.8) is 0 Å². The summed E-state index contributed by atoms with van der Waals surface area (Å²) in [5, 5.41) is 1.05. The van der Waals surface area contributed by atoms with Gasteiger partial charge in [-0.3, -0.25) is 9.69 Å². The molecule has 1 atom stereocenters. The fraction of sp³-hybridized carbons (Fsp3) is 0.500. The Labute approximate surface area is 169 Å². The fourth-order valence-electron chi connectivity index (χ4n) is 3.69. The number of methoxy groups -OCH3 is 1. The molecule has 2 saturated heterocycles. The van der Waals surface area contributed by atoms with E-state index in [0.717, 1.165) is 56.0 Å². The molecule has 7 nitrogen and oxygen atoms in total. The number of carbonyl (C=O) groups is 1. The van der Waals surface area contributed by atoms with Crippen LogP contribution in [0.2, 0.25) is 0 Å². The highest BCUT2D eigenvalue weighted by molar-refractivity contribution is 7.15. The van der Waals surface area contributed by atoms with Crippen LogP contribution in [0.5, 0.6) is 5.75 Å². The van der Waals surface area contributed by atoms with Crippen LogP contribution in [-0.2, 0) is 16.1 Å². The van der Waals surface area contributed by atoms with Crippen LogP contribution in [0.15, 0.2) is 30.5 Å². The molecule has 0 aliphatic carbocycles. The van der Waals surface area contributed by atoms with Gasteiger partial charge in [0.1, 0.15) is 5.75 Å². The summed E-state index contributed by atoms with van der Waals surface area (Å²) < 4.78 is 10.9. The second-order valence-corrected chi connectivity index (χ2v) is 8.11. The van der Waals surface area contributed by atoms with Crippen LogP contribution in [0.25, 0.3) is 0 Å². The summed E-state index contributed by atoms with van der Waals surface area (Å²) in [5.41, 5.74) is 0.842. The number of anilines is 2. The molecule has 1 aromatic carbocycles. The predicted molar refractivity (Wildman–Crippen MR) is 110 cm³/mol. The molecule has 0 unspecified atom stereocenters. The van der Waals surface area contributed by atoms with Crippen LogP contribution in [0.3, 0.4) is 0 Å². The third-order valence-electron chi connectivity index (χ3n) is 5.34. The predicted octanol–water partition coefficient (Wildman–Crippen LogP) is 2.23. The summed E-state index contributed by atoms with van der Waals surface area (Å²) in [6.07, 6.45) is 1.94. The van der Waals surface area contributed by atoms with Crippen molar-refractivity contribution >= 4 is 28.1 Å². The van der Waals surface area contributed by atoms with Gasteiger partial charge in [0.05, 0.1) is 32.1 Å². The molecule has 3 heterocycles. The van der Waals surface area contributed by atoms with Gasteiger partial charge in [0, 0.05) is 43.8 Å². The summed E-state index contributed by atoms with van der Waals surface area (Å²) in [4.78, 5) is 25.1. The maximum absolute atomic E-state index is 13.0. The number of rotatable bonds is 5. The molecule has 0 radical (unpaired) electrons. The zero-order valence-electron chi connectivity index (χ0n) is 16.3. The molecule has 0 bridgehead atoms.